The lowest BCUT2D eigenvalue weighted by atomic mass is 10.1. The van der Waals surface area contributed by atoms with E-state index in [9.17, 15) is 13.7 Å². The Morgan fingerprint density at radius 2 is 0.615 bits per heavy atom. The molecule has 12 rings (SSSR count). The lowest BCUT2D eigenvalue weighted by Gasteiger charge is -2.36. The maximum atomic E-state index is 11.0. The highest BCUT2D eigenvalue weighted by molar-refractivity contribution is 7.46. The second kappa shape index (κ2) is 36.5. The van der Waals surface area contributed by atoms with E-state index >= 15 is 0 Å². The van der Waals surface area contributed by atoms with Crippen molar-refractivity contribution in [1.29, 1.82) is 0 Å². The fraction of sp³-hybridized carbons (Fsp3) is 0.136. The smallest absolute Gasteiger partial charge is 0.472 e. The van der Waals surface area contributed by atoms with Gasteiger partial charge in [0.25, 0.3) is 17.5 Å². The zero-order chi connectivity index (χ0) is 74.3. The number of anilines is 3. The first kappa shape index (κ1) is 77.6. The second-order valence-corrected chi connectivity index (χ2v) is 26.5. The third-order valence-corrected chi connectivity index (χ3v) is 15.6. The summed E-state index contributed by atoms with van der Waals surface area (Å²) in [6, 6.07) is 55.9. The number of phosphoric acid groups is 4. The Morgan fingerprint density at radius 3 is 0.846 bits per heavy atom. The molecule has 0 spiro atoms. The molecule has 9 heterocycles. The zero-order valence-electron chi connectivity index (χ0n) is 54.4. The van der Waals surface area contributed by atoms with Crippen LogP contribution in [-0.4, -0.2) is 59.8 Å². The van der Waals surface area contributed by atoms with Gasteiger partial charge in [0.05, 0.1) is 35.7 Å². The molecular formula is C66H66N12O22P4. The van der Waals surface area contributed by atoms with Gasteiger partial charge in [0.1, 0.15) is 36.5 Å². The maximum Gasteiger partial charge on any atom is 0.472 e. The molecule has 0 saturated heterocycles. The molecule has 9 aromatic heterocycles. The summed E-state index contributed by atoms with van der Waals surface area (Å²) in [6.07, 6.45) is 11.4. The van der Waals surface area contributed by atoms with Crippen LogP contribution in [-0.2, 0) is 91.1 Å². The molecule has 0 amide bonds. The highest BCUT2D eigenvalue weighted by atomic mass is 31.2. The fourth-order valence-corrected chi connectivity index (χ4v) is 10.1. The molecule has 0 bridgehead atoms. The quantitative estimate of drug-likeness (QED) is 0.0220. The molecule has 0 atom stereocenters. The molecule has 0 aliphatic heterocycles. The molecule has 38 heteroatoms. The van der Waals surface area contributed by atoms with Crippen LogP contribution in [0.5, 0.6) is 17.6 Å². The van der Waals surface area contributed by atoms with Crippen molar-refractivity contribution in [2.24, 2.45) is 0 Å². The molecule has 0 radical (unpaired) electrons. The predicted octanol–water partition coefficient (Wildman–Crippen LogP) is 5.70. The second-order valence-electron chi connectivity index (χ2n) is 21.9. The van der Waals surface area contributed by atoms with Gasteiger partial charge in [0, 0.05) is 74.3 Å². The van der Waals surface area contributed by atoms with E-state index in [0.717, 1.165) is 33.4 Å². The normalized spacial score (nSPS) is 11.5. The molecule has 0 aliphatic rings. The minimum Gasteiger partial charge on any atom is -0.822 e. The third-order valence-electron chi connectivity index (χ3n) is 14.2. The summed E-state index contributed by atoms with van der Waals surface area (Å²) in [5, 5.41) is 12.3. The Balaban J connectivity index is 0.000000175. The minimum atomic E-state index is -5.39. The van der Waals surface area contributed by atoms with E-state index in [1.807, 2.05) is 127 Å². The van der Waals surface area contributed by atoms with Crippen LogP contribution < -0.4 is 59.8 Å². The number of hydrogen-bond acceptors (Lipinski definition) is 25. The van der Waals surface area contributed by atoms with E-state index < -0.39 is 51.5 Å². The average Bonchev–Trinajstić information content (AvgIpc) is 1.57. The number of benzene rings is 3. The van der Waals surface area contributed by atoms with Crippen molar-refractivity contribution < 1.29 is 117 Å². The van der Waals surface area contributed by atoms with E-state index in [2.05, 4.69) is 44.0 Å². The Bertz CT molecular complexity index is 4430. The SMILES string of the molecule is Nc1c(-c2cc(Cc3ccc(COc4ccccn4)cc3)no2)ccc[n+]1COP(=O)(O)O.Nc1c(-c2cc(Cc3ccc(COc4ccccn4)cc3)no2)ccc[n+]1COP(=O)(O)O.Nc1c(-c2cc(Cc3ccc(COc4ccccn4)cc3)no2)ccc[n+]1COP(=O)(O)O.O=P([O-])([O-])[O-]. The van der Waals surface area contributed by atoms with Crippen LogP contribution >= 0.6 is 31.3 Å². The van der Waals surface area contributed by atoms with E-state index in [1.165, 1.54) is 13.7 Å². The monoisotopic (exact) mass is 1500 g/mol. The number of phosphoric ester groups is 3. The van der Waals surface area contributed by atoms with Gasteiger partial charge in [-0.1, -0.05) is 106 Å². The molecular weight excluding hydrogens is 1440 g/mol. The van der Waals surface area contributed by atoms with Gasteiger partial charge in [-0.15, -0.1) is 0 Å². The van der Waals surface area contributed by atoms with Gasteiger partial charge in [-0.25, -0.2) is 55.9 Å². The molecule has 3 aromatic carbocycles. The number of aromatic nitrogens is 9. The van der Waals surface area contributed by atoms with Crippen molar-refractivity contribution in [3.63, 3.8) is 0 Å². The number of ether oxygens (including phenoxy) is 3. The number of nitrogens with two attached hydrogens (primary N) is 3. The third kappa shape index (κ3) is 26.0. The Labute approximate surface area is 591 Å². The highest BCUT2D eigenvalue weighted by Gasteiger charge is 2.25. The molecule has 0 fully saturated rings. The maximum absolute atomic E-state index is 11.0. The molecule has 0 unspecified atom stereocenters. The summed E-state index contributed by atoms with van der Waals surface area (Å²) in [5.41, 5.74) is 28.3. The van der Waals surface area contributed by atoms with E-state index in [0.29, 0.717) is 108 Å². The van der Waals surface area contributed by atoms with Gasteiger partial charge in [-0.3, -0.25) is 17.2 Å². The average molecular weight is 1500 g/mol. The summed E-state index contributed by atoms with van der Waals surface area (Å²) in [6.45, 7) is 0.0588. The van der Waals surface area contributed by atoms with Crippen molar-refractivity contribution >= 4 is 48.7 Å². The molecule has 542 valence electrons. The summed E-state index contributed by atoms with van der Waals surface area (Å²) < 4.78 is 92.3. The van der Waals surface area contributed by atoms with Crippen molar-refractivity contribution in [2.45, 2.75) is 59.3 Å². The number of rotatable bonds is 27. The number of pyridine rings is 6. The number of nitrogens with zero attached hydrogens (tertiary/aromatic N) is 9. The molecule has 0 aliphatic carbocycles. The first-order chi connectivity index (χ1) is 49.6. The number of nitrogen functional groups attached to an aromatic ring is 3. The first-order valence-electron chi connectivity index (χ1n) is 30.5. The lowest BCUT2D eigenvalue weighted by Crippen LogP contribution is -2.38. The standard InChI is InChI=1S/3C22H21N4O6P.H3O4P/c3*23-22-19(4-3-11-26(22)15-31-33(27,28)29)20-13-18(25-32-20)12-16-6-8-17(9-7-16)14-30-21-5-1-2-10-24-21;1-5(2,3)4/h3*1-11,13,23H,12,14-15H2,(H2,27,28,29);(H3,1,2,3,4). The Kier molecular flexibility index (Phi) is 27.3. The van der Waals surface area contributed by atoms with Crippen molar-refractivity contribution in [3.05, 3.63) is 270 Å². The van der Waals surface area contributed by atoms with Gasteiger partial charge >= 0.3 is 23.5 Å². The summed E-state index contributed by atoms with van der Waals surface area (Å²) in [4.78, 5) is 91.4. The van der Waals surface area contributed by atoms with Crippen LogP contribution in [0.3, 0.4) is 0 Å². The van der Waals surface area contributed by atoms with Gasteiger partial charge in [0.2, 0.25) is 37.8 Å². The predicted molar refractivity (Wildman–Crippen MR) is 360 cm³/mol. The minimum absolute atomic E-state index is 0.228. The molecule has 104 heavy (non-hydrogen) atoms. The van der Waals surface area contributed by atoms with Crippen LogP contribution in [0.2, 0.25) is 0 Å². The van der Waals surface area contributed by atoms with E-state index in [1.54, 1.807) is 91.8 Å². The van der Waals surface area contributed by atoms with Gasteiger partial charge in [0.15, 0.2) is 17.3 Å². The van der Waals surface area contributed by atoms with Gasteiger partial charge < -0.3 is 76.4 Å². The van der Waals surface area contributed by atoms with Gasteiger partial charge in [-0.05, 0) is 88.0 Å². The molecule has 34 nitrogen and oxygen atoms in total. The van der Waals surface area contributed by atoms with Crippen LogP contribution in [0.15, 0.2) is 233 Å². The summed E-state index contributed by atoms with van der Waals surface area (Å²) in [5.74, 6) is 3.72. The van der Waals surface area contributed by atoms with Crippen LogP contribution in [0.1, 0.15) is 50.5 Å². The van der Waals surface area contributed by atoms with Crippen LogP contribution in [0.25, 0.3) is 34.0 Å². The molecule has 12 aromatic rings. The van der Waals surface area contributed by atoms with Crippen molar-refractivity contribution in [1.82, 2.24) is 30.4 Å². The van der Waals surface area contributed by atoms with Crippen molar-refractivity contribution in [2.75, 3.05) is 17.2 Å². The van der Waals surface area contributed by atoms with Crippen LogP contribution in [0.4, 0.5) is 17.5 Å². The van der Waals surface area contributed by atoms with E-state index in [-0.39, 0.29) is 17.5 Å². The first-order valence-corrected chi connectivity index (χ1v) is 36.6. The number of hydrogen-bond donors (Lipinski definition) is 9. The molecule has 12 N–H and O–H groups in total. The topological polar surface area (TPSA) is 521 Å². The fourth-order valence-electron chi connectivity index (χ4n) is 9.29. The Morgan fingerprint density at radius 1 is 0.365 bits per heavy atom. The molecule has 0 saturated carbocycles. The zero-order valence-corrected chi connectivity index (χ0v) is 58.0. The van der Waals surface area contributed by atoms with Crippen molar-refractivity contribution in [3.8, 4) is 51.6 Å². The summed E-state index contributed by atoms with van der Waals surface area (Å²) in [7, 11) is -19.2. The van der Waals surface area contributed by atoms with Crippen LogP contribution in [0, 0.1) is 0 Å². The van der Waals surface area contributed by atoms with E-state index in [4.69, 9.17) is 93.6 Å². The van der Waals surface area contributed by atoms with Gasteiger partial charge in [-0.2, -0.15) is 7.82 Å². The lowest BCUT2D eigenvalue weighted by molar-refractivity contribution is -0.712. The largest absolute Gasteiger partial charge is 0.822 e. The highest BCUT2D eigenvalue weighted by Crippen LogP contribution is 2.38. The Hall–Kier alpha value is -10.6. The summed E-state index contributed by atoms with van der Waals surface area (Å²) >= 11 is 0.